The van der Waals surface area contributed by atoms with Gasteiger partial charge in [-0.3, -0.25) is 9.59 Å². The molecule has 0 spiro atoms. The first-order valence-corrected chi connectivity index (χ1v) is 6.44. The Morgan fingerprint density at radius 3 is 2.81 bits per heavy atom. The molecule has 0 aliphatic heterocycles. The summed E-state index contributed by atoms with van der Waals surface area (Å²) in [4.78, 5) is 22.7. The second kappa shape index (κ2) is 4.97. The van der Waals surface area contributed by atoms with E-state index in [1.165, 1.54) is 11.0 Å². The zero-order chi connectivity index (χ0) is 15.0. The van der Waals surface area contributed by atoms with Gasteiger partial charge in [0.1, 0.15) is 6.33 Å². The van der Waals surface area contributed by atoms with Crippen molar-refractivity contribution < 1.29 is 14.7 Å². The zero-order valence-electron chi connectivity index (χ0n) is 11.2. The molecular formula is C13H13N5O3. The number of nitrogens with zero attached hydrogens (tertiary/aromatic N) is 4. The van der Waals surface area contributed by atoms with Crippen molar-refractivity contribution in [2.75, 3.05) is 5.32 Å². The fourth-order valence-electron chi connectivity index (χ4n) is 2.20. The maximum atomic E-state index is 12.0. The maximum absolute atomic E-state index is 12.0. The molecule has 8 heteroatoms. The number of nitrogens with one attached hydrogen (secondary N) is 1. The van der Waals surface area contributed by atoms with Crippen molar-refractivity contribution in [1.29, 1.82) is 0 Å². The van der Waals surface area contributed by atoms with Crippen LogP contribution >= 0.6 is 0 Å². The van der Waals surface area contributed by atoms with E-state index in [9.17, 15) is 9.59 Å². The number of carboxylic acids is 1. The number of carbonyl (C=O) groups is 2. The topological polar surface area (TPSA) is 110 Å². The van der Waals surface area contributed by atoms with Crippen molar-refractivity contribution in [3.8, 4) is 5.69 Å². The van der Waals surface area contributed by atoms with Crippen LogP contribution in [0.15, 0.2) is 24.5 Å². The molecule has 1 fully saturated rings. The predicted molar refractivity (Wildman–Crippen MR) is 71.8 cm³/mol. The molecule has 1 aliphatic carbocycles. The van der Waals surface area contributed by atoms with Crippen LogP contribution in [0.1, 0.15) is 12.0 Å². The molecule has 0 unspecified atom stereocenters. The first-order valence-electron chi connectivity index (χ1n) is 6.44. The van der Waals surface area contributed by atoms with Crippen molar-refractivity contribution in [3.63, 3.8) is 0 Å². The molecule has 0 radical (unpaired) electrons. The number of anilines is 1. The molecule has 1 aromatic heterocycles. The van der Waals surface area contributed by atoms with E-state index in [4.69, 9.17) is 5.11 Å². The third kappa shape index (κ3) is 2.60. The van der Waals surface area contributed by atoms with Crippen molar-refractivity contribution in [2.45, 2.75) is 13.3 Å². The van der Waals surface area contributed by atoms with Crippen LogP contribution in [0, 0.1) is 18.8 Å². The molecule has 1 aromatic carbocycles. The molecule has 2 aromatic rings. The Kier molecular flexibility index (Phi) is 3.13. The lowest BCUT2D eigenvalue weighted by molar-refractivity contribution is -0.139. The molecule has 1 amide bonds. The van der Waals surface area contributed by atoms with E-state index >= 15 is 0 Å². The van der Waals surface area contributed by atoms with Gasteiger partial charge in [-0.25, -0.2) is 4.68 Å². The highest BCUT2D eigenvalue weighted by molar-refractivity contribution is 5.98. The molecule has 8 nitrogen and oxygen atoms in total. The molecular weight excluding hydrogens is 274 g/mol. The minimum atomic E-state index is -0.923. The van der Waals surface area contributed by atoms with E-state index in [-0.39, 0.29) is 5.91 Å². The van der Waals surface area contributed by atoms with E-state index in [1.807, 2.05) is 13.0 Å². The maximum Gasteiger partial charge on any atom is 0.307 e. The molecule has 1 aliphatic rings. The molecule has 108 valence electrons. The number of benzene rings is 1. The van der Waals surface area contributed by atoms with Gasteiger partial charge in [0, 0.05) is 5.69 Å². The summed E-state index contributed by atoms with van der Waals surface area (Å²) in [6.45, 7) is 1.91. The van der Waals surface area contributed by atoms with Gasteiger partial charge in [0.2, 0.25) is 5.91 Å². The minimum absolute atomic E-state index is 0.270. The first-order chi connectivity index (χ1) is 10.1. The summed E-state index contributed by atoms with van der Waals surface area (Å²) in [6, 6.07) is 5.36. The molecule has 0 saturated heterocycles. The normalized spacial score (nSPS) is 20.0. The van der Waals surface area contributed by atoms with Crippen LogP contribution in [-0.2, 0) is 9.59 Å². The fraction of sp³-hybridized carbons (Fsp3) is 0.308. The SMILES string of the molecule is Cc1ccc(NC(=O)[C@@H]2C[C@@H]2C(=O)O)cc1-n1cnnn1. The molecule has 1 heterocycles. The van der Waals surface area contributed by atoms with Gasteiger partial charge < -0.3 is 10.4 Å². The minimum Gasteiger partial charge on any atom is -0.481 e. The number of carboxylic acid groups (broad SMARTS) is 1. The van der Waals surface area contributed by atoms with Gasteiger partial charge in [0.05, 0.1) is 17.5 Å². The molecule has 21 heavy (non-hydrogen) atoms. The van der Waals surface area contributed by atoms with Crippen LogP contribution in [0.5, 0.6) is 0 Å². The van der Waals surface area contributed by atoms with Gasteiger partial charge in [0.15, 0.2) is 0 Å². The van der Waals surface area contributed by atoms with Gasteiger partial charge in [-0.15, -0.1) is 5.10 Å². The summed E-state index contributed by atoms with van der Waals surface area (Å²) in [7, 11) is 0. The average molecular weight is 287 g/mol. The second-order valence-corrected chi connectivity index (χ2v) is 5.03. The Labute approximate surface area is 119 Å². The van der Waals surface area contributed by atoms with E-state index in [2.05, 4.69) is 20.8 Å². The van der Waals surface area contributed by atoms with E-state index in [1.54, 1.807) is 12.1 Å². The number of hydrogen-bond donors (Lipinski definition) is 2. The van der Waals surface area contributed by atoms with Crippen LogP contribution in [0.2, 0.25) is 0 Å². The lowest BCUT2D eigenvalue weighted by Crippen LogP contribution is -2.17. The number of aliphatic carboxylic acids is 1. The Bertz CT molecular complexity index is 698. The largest absolute Gasteiger partial charge is 0.481 e. The summed E-state index contributed by atoms with van der Waals surface area (Å²) >= 11 is 0. The molecule has 2 N–H and O–H groups in total. The van der Waals surface area contributed by atoms with Crippen LogP contribution < -0.4 is 5.32 Å². The van der Waals surface area contributed by atoms with Gasteiger partial charge in [0.25, 0.3) is 0 Å². The second-order valence-electron chi connectivity index (χ2n) is 5.03. The lowest BCUT2D eigenvalue weighted by Gasteiger charge is -2.09. The third-order valence-electron chi connectivity index (χ3n) is 3.52. The Morgan fingerprint density at radius 2 is 2.19 bits per heavy atom. The predicted octanol–water partition coefficient (Wildman–Crippen LogP) is 0.630. The fourth-order valence-corrected chi connectivity index (χ4v) is 2.20. The zero-order valence-corrected chi connectivity index (χ0v) is 11.2. The van der Waals surface area contributed by atoms with Gasteiger partial charge >= 0.3 is 5.97 Å². The molecule has 3 rings (SSSR count). The van der Waals surface area contributed by atoms with E-state index < -0.39 is 17.8 Å². The standard InChI is InChI=1S/C13H13N5O3/c1-7-2-3-8(4-11(7)18-6-14-16-17-18)15-12(19)9-5-10(9)13(20)21/h2-4,6,9-10H,5H2,1H3,(H,15,19)(H,20,21)/t9-,10+/m1/s1. The highest BCUT2D eigenvalue weighted by Crippen LogP contribution is 2.39. The van der Waals surface area contributed by atoms with Crippen LogP contribution in [-0.4, -0.2) is 37.2 Å². The first kappa shape index (κ1) is 13.2. The van der Waals surface area contributed by atoms with Crippen LogP contribution in [0.3, 0.4) is 0 Å². The number of rotatable bonds is 4. The van der Waals surface area contributed by atoms with Crippen LogP contribution in [0.4, 0.5) is 5.69 Å². The smallest absolute Gasteiger partial charge is 0.307 e. The van der Waals surface area contributed by atoms with Crippen molar-refractivity contribution in [3.05, 3.63) is 30.1 Å². The molecule has 2 atom stereocenters. The number of hydrogen-bond acceptors (Lipinski definition) is 5. The van der Waals surface area contributed by atoms with Crippen LogP contribution in [0.25, 0.3) is 5.69 Å². The summed E-state index contributed by atoms with van der Waals surface area (Å²) in [5.74, 6) is -2.20. The molecule has 1 saturated carbocycles. The van der Waals surface area contributed by atoms with E-state index in [0.29, 0.717) is 12.1 Å². The number of aromatic nitrogens is 4. The lowest BCUT2D eigenvalue weighted by atomic mass is 10.1. The Morgan fingerprint density at radius 1 is 1.38 bits per heavy atom. The van der Waals surface area contributed by atoms with Gasteiger partial charge in [-0.2, -0.15) is 0 Å². The number of tetrazole rings is 1. The monoisotopic (exact) mass is 287 g/mol. The Balaban J connectivity index is 1.77. The highest BCUT2D eigenvalue weighted by atomic mass is 16.4. The third-order valence-corrected chi connectivity index (χ3v) is 3.52. The number of carbonyl (C=O) groups excluding carboxylic acids is 1. The number of aryl methyl sites for hydroxylation is 1. The van der Waals surface area contributed by atoms with E-state index in [0.717, 1.165) is 11.3 Å². The van der Waals surface area contributed by atoms with Crippen molar-refractivity contribution in [1.82, 2.24) is 20.2 Å². The number of amides is 1. The average Bonchev–Trinajstić information content (AvgIpc) is 3.09. The summed E-state index contributed by atoms with van der Waals surface area (Å²) in [5, 5.41) is 22.5. The van der Waals surface area contributed by atoms with Gasteiger partial charge in [-0.05, 0) is 41.5 Å². The van der Waals surface area contributed by atoms with Gasteiger partial charge in [-0.1, -0.05) is 6.07 Å². The Hall–Kier alpha value is -2.77. The molecule has 0 bridgehead atoms. The van der Waals surface area contributed by atoms with Crippen molar-refractivity contribution >= 4 is 17.6 Å². The quantitative estimate of drug-likeness (QED) is 0.853. The van der Waals surface area contributed by atoms with Crippen molar-refractivity contribution in [2.24, 2.45) is 11.8 Å². The summed E-state index contributed by atoms with van der Waals surface area (Å²) < 4.78 is 1.50. The highest BCUT2D eigenvalue weighted by Gasteiger charge is 2.48. The summed E-state index contributed by atoms with van der Waals surface area (Å²) in [6.07, 6.45) is 1.86. The summed E-state index contributed by atoms with van der Waals surface area (Å²) in [5.41, 5.74) is 2.30.